The van der Waals surface area contributed by atoms with Crippen molar-refractivity contribution in [2.24, 2.45) is 11.7 Å². The summed E-state index contributed by atoms with van der Waals surface area (Å²) in [4.78, 5) is 33.6. The van der Waals surface area contributed by atoms with E-state index in [4.69, 9.17) is 15.6 Å². The summed E-state index contributed by atoms with van der Waals surface area (Å²) in [6, 6.07) is -1.75. The lowest BCUT2D eigenvalue weighted by Crippen LogP contribution is -2.51. The number of rotatable bonds is 7. The lowest BCUT2D eigenvalue weighted by Gasteiger charge is -2.21. The standard InChI is InChI=1S/C13H21N3O5/c14-10(17)4-3-9(12(18)19)16-13(20)15-8-5-6-21-11(8)7-1-2-7/h7-9,11H,1-6H2,(H2,14,17)(H,18,19)(H2,15,16,20)/t8?,9-,11?/m0/s1. The first-order valence-corrected chi connectivity index (χ1v) is 7.17. The van der Waals surface area contributed by atoms with E-state index in [9.17, 15) is 14.4 Å². The zero-order chi connectivity index (χ0) is 15.4. The molecule has 0 aromatic carbocycles. The molecule has 1 saturated heterocycles. The lowest BCUT2D eigenvalue weighted by molar-refractivity contribution is -0.139. The zero-order valence-corrected chi connectivity index (χ0v) is 11.7. The van der Waals surface area contributed by atoms with Gasteiger partial charge in [0.15, 0.2) is 0 Å². The first kappa shape index (κ1) is 15.6. The van der Waals surface area contributed by atoms with Gasteiger partial charge in [0.2, 0.25) is 5.91 Å². The van der Waals surface area contributed by atoms with E-state index in [1.165, 1.54) is 0 Å². The van der Waals surface area contributed by atoms with E-state index in [1.54, 1.807) is 0 Å². The number of nitrogens with one attached hydrogen (secondary N) is 2. The predicted octanol–water partition coefficient (Wildman–Crippen LogP) is -0.428. The Hall–Kier alpha value is -1.83. The molecule has 1 saturated carbocycles. The average Bonchev–Trinajstić information content (AvgIpc) is 3.15. The molecule has 8 heteroatoms. The van der Waals surface area contributed by atoms with Crippen LogP contribution in [0, 0.1) is 5.92 Å². The molecule has 0 aromatic rings. The van der Waals surface area contributed by atoms with Gasteiger partial charge in [0.25, 0.3) is 0 Å². The van der Waals surface area contributed by atoms with Crippen molar-refractivity contribution in [2.45, 2.75) is 50.3 Å². The second-order valence-electron chi connectivity index (χ2n) is 5.58. The van der Waals surface area contributed by atoms with Crippen molar-refractivity contribution >= 4 is 17.9 Å². The number of carboxylic acids is 1. The summed E-state index contributed by atoms with van der Waals surface area (Å²) in [6.07, 6.45) is 2.87. The van der Waals surface area contributed by atoms with Crippen LogP contribution in [-0.2, 0) is 14.3 Å². The Bertz CT molecular complexity index is 424. The van der Waals surface area contributed by atoms with Gasteiger partial charge >= 0.3 is 12.0 Å². The summed E-state index contributed by atoms with van der Waals surface area (Å²) in [5.41, 5.74) is 4.99. The SMILES string of the molecule is NC(=O)CC[C@H](NC(=O)NC1CCOC1C1CC1)C(=O)O. The van der Waals surface area contributed by atoms with E-state index in [1.807, 2.05) is 0 Å². The van der Waals surface area contributed by atoms with Crippen molar-refractivity contribution in [3.8, 4) is 0 Å². The molecule has 21 heavy (non-hydrogen) atoms. The highest BCUT2D eigenvalue weighted by atomic mass is 16.5. The number of hydrogen-bond donors (Lipinski definition) is 4. The van der Waals surface area contributed by atoms with Crippen molar-refractivity contribution in [1.29, 1.82) is 0 Å². The molecule has 1 aliphatic carbocycles. The highest BCUT2D eigenvalue weighted by Crippen LogP contribution is 2.38. The van der Waals surface area contributed by atoms with E-state index < -0.39 is 23.9 Å². The molecular weight excluding hydrogens is 278 g/mol. The Morgan fingerprint density at radius 3 is 2.57 bits per heavy atom. The number of carbonyl (C=O) groups excluding carboxylic acids is 2. The second kappa shape index (κ2) is 6.75. The monoisotopic (exact) mass is 299 g/mol. The fourth-order valence-electron chi connectivity index (χ4n) is 2.57. The largest absolute Gasteiger partial charge is 0.480 e. The normalized spacial score (nSPS) is 26.1. The first-order valence-electron chi connectivity index (χ1n) is 7.17. The molecule has 118 valence electrons. The minimum atomic E-state index is -1.19. The first-order chi connectivity index (χ1) is 9.97. The van der Waals surface area contributed by atoms with Crippen LogP contribution >= 0.6 is 0 Å². The van der Waals surface area contributed by atoms with E-state index in [-0.39, 0.29) is 25.0 Å². The molecule has 2 unspecified atom stereocenters. The maximum atomic E-state index is 11.9. The van der Waals surface area contributed by atoms with Crippen molar-refractivity contribution < 1.29 is 24.2 Å². The Morgan fingerprint density at radius 1 is 1.29 bits per heavy atom. The van der Waals surface area contributed by atoms with Gasteiger partial charge in [-0.2, -0.15) is 0 Å². The van der Waals surface area contributed by atoms with Gasteiger partial charge in [-0.1, -0.05) is 0 Å². The third-order valence-corrected chi connectivity index (χ3v) is 3.82. The van der Waals surface area contributed by atoms with Gasteiger partial charge in [-0.3, -0.25) is 4.79 Å². The Balaban J connectivity index is 1.80. The maximum Gasteiger partial charge on any atom is 0.326 e. The predicted molar refractivity (Wildman–Crippen MR) is 72.4 cm³/mol. The fourth-order valence-corrected chi connectivity index (χ4v) is 2.57. The molecule has 0 bridgehead atoms. The smallest absolute Gasteiger partial charge is 0.326 e. The van der Waals surface area contributed by atoms with Gasteiger partial charge in [-0.25, -0.2) is 9.59 Å². The number of urea groups is 1. The number of carbonyl (C=O) groups is 3. The molecule has 2 rings (SSSR count). The Kier molecular flexibility index (Phi) is 5.00. The molecular formula is C13H21N3O5. The topological polar surface area (TPSA) is 131 Å². The minimum absolute atomic E-state index is 0.0225. The van der Waals surface area contributed by atoms with Crippen LogP contribution in [0.4, 0.5) is 4.79 Å². The van der Waals surface area contributed by atoms with E-state index in [0.29, 0.717) is 12.5 Å². The second-order valence-corrected chi connectivity index (χ2v) is 5.58. The summed E-state index contributed by atoms with van der Waals surface area (Å²) >= 11 is 0. The van der Waals surface area contributed by atoms with Gasteiger partial charge in [0, 0.05) is 13.0 Å². The van der Waals surface area contributed by atoms with Crippen LogP contribution in [-0.4, -0.2) is 47.8 Å². The molecule has 2 fully saturated rings. The number of hydrogen-bond acceptors (Lipinski definition) is 4. The van der Waals surface area contributed by atoms with Gasteiger partial charge < -0.3 is 26.2 Å². The fraction of sp³-hybridized carbons (Fsp3) is 0.769. The summed E-state index contributed by atoms with van der Waals surface area (Å²) in [6.45, 7) is 0.607. The molecule has 0 aromatic heterocycles. The van der Waals surface area contributed by atoms with Crippen molar-refractivity contribution in [1.82, 2.24) is 10.6 Å². The van der Waals surface area contributed by atoms with E-state index in [2.05, 4.69) is 10.6 Å². The van der Waals surface area contributed by atoms with Gasteiger partial charge in [0.1, 0.15) is 6.04 Å². The molecule has 3 amide bonds. The summed E-state index contributed by atoms with van der Waals surface area (Å²) in [5.74, 6) is -1.28. The van der Waals surface area contributed by atoms with Crippen LogP contribution in [0.1, 0.15) is 32.1 Å². The van der Waals surface area contributed by atoms with Crippen LogP contribution in [0.25, 0.3) is 0 Å². The van der Waals surface area contributed by atoms with Crippen LogP contribution in [0.3, 0.4) is 0 Å². The Labute approximate surface area is 122 Å². The molecule has 0 spiro atoms. The molecule has 5 N–H and O–H groups in total. The Morgan fingerprint density at radius 2 is 2.00 bits per heavy atom. The van der Waals surface area contributed by atoms with Gasteiger partial charge in [-0.15, -0.1) is 0 Å². The third-order valence-electron chi connectivity index (χ3n) is 3.82. The minimum Gasteiger partial charge on any atom is -0.480 e. The number of carboxylic acid groups (broad SMARTS) is 1. The quantitative estimate of drug-likeness (QED) is 0.507. The summed E-state index contributed by atoms with van der Waals surface area (Å²) < 4.78 is 5.60. The average molecular weight is 299 g/mol. The number of nitrogens with two attached hydrogens (primary N) is 1. The van der Waals surface area contributed by atoms with E-state index >= 15 is 0 Å². The van der Waals surface area contributed by atoms with Crippen molar-refractivity contribution in [3.05, 3.63) is 0 Å². The highest BCUT2D eigenvalue weighted by Gasteiger charge is 2.41. The molecule has 1 heterocycles. The third kappa shape index (κ3) is 4.59. The highest BCUT2D eigenvalue weighted by molar-refractivity contribution is 5.83. The van der Waals surface area contributed by atoms with Crippen molar-refractivity contribution in [2.75, 3.05) is 6.61 Å². The zero-order valence-electron chi connectivity index (χ0n) is 11.7. The molecule has 1 aliphatic heterocycles. The number of amides is 3. The van der Waals surface area contributed by atoms with Crippen molar-refractivity contribution in [3.63, 3.8) is 0 Å². The number of primary amides is 1. The molecule has 0 radical (unpaired) electrons. The lowest BCUT2D eigenvalue weighted by atomic mass is 10.1. The molecule has 2 aliphatic rings. The van der Waals surface area contributed by atoms with E-state index in [0.717, 1.165) is 19.3 Å². The summed E-state index contributed by atoms with van der Waals surface area (Å²) in [7, 11) is 0. The van der Waals surface area contributed by atoms with Crippen LogP contribution in [0.2, 0.25) is 0 Å². The number of aliphatic carboxylic acids is 1. The number of ether oxygens (including phenoxy) is 1. The maximum absolute atomic E-state index is 11.9. The van der Waals surface area contributed by atoms with Crippen LogP contribution in [0.5, 0.6) is 0 Å². The van der Waals surface area contributed by atoms with Gasteiger partial charge in [-0.05, 0) is 31.6 Å². The van der Waals surface area contributed by atoms with Gasteiger partial charge in [0.05, 0.1) is 12.1 Å². The molecule has 8 nitrogen and oxygen atoms in total. The molecule has 3 atom stereocenters. The van der Waals surface area contributed by atoms with Crippen LogP contribution in [0.15, 0.2) is 0 Å². The van der Waals surface area contributed by atoms with Crippen LogP contribution < -0.4 is 16.4 Å². The summed E-state index contributed by atoms with van der Waals surface area (Å²) in [5, 5.41) is 14.2.